The summed E-state index contributed by atoms with van der Waals surface area (Å²) in [6.07, 6.45) is 0. The van der Waals surface area contributed by atoms with Crippen molar-refractivity contribution in [3.63, 3.8) is 0 Å². The Morgan fingerprint density at radius 1 is 1.15 bits per heavy atom. The third kappa shape index (κ3) is 2.89. The van der Waals surface area contributed by atoms with Gasteiger partial charge in [-0.15, -0.1) is 0 Å². The lowest BCUT2D eigenvalue weighted by Crippen LogP contribution is -1.99. The Hall–Kier alpha value is -2.11. The average Bonchev–Trinajstić information content (AvgIpc) is 2.38. The highest BCUT2D eigenvalue weighted by molar-refractivity contribution is 6.36. The molecule has 0 aliphatic carbocycles. The maximum atomic E-state index is 11.0. The molecule has 0 saturated carbocycles. The summed E-state index contributed by atoms with van der Waals surface area (Å²) in [5.41, 5.74) is 0.326. The standard InChI is InChI=1S/C13H7Cl2NO4/c14-9-1-2-11(12(15)6-9)7-3-8(13(17)18)5-10(4-7)16(19)20/h1-6H,(H,17,18). The Morgan fingerprint density at radius 3 is 2.40 bits per heavy atom. The van der Waals surface area contributed by atoms with E-state index in [1.807, 2.05) is 0 Å². The molecule has 0 radical (unpaired) electrons. The Kier molecular flexibility index (Phi) is 3.92. The van der Waals surface area contributed by atoms with Crippen molar-refractivity contribution >= 4 is 34.9 Å². The highest BCUT2D eigenvalue weighted by Gasteiger charge is 2.16. The van der Waals surface area contributed by atoms with E-state index in [4.69, 9.17) is 28.3 Å². The second-order valence-corrected chi connectivity index (χ2v) is 4.80. The van der Waals surface area contributed by atoms with E-state index in [1.165, 1.54) is 18.2 Å². The fraction of sp³-hybridized carbons (Fsp3) is 0. The van der Waals surface area contributed by atoms with Gasteiger partial charge < -0.3 is 5.11 Å². The van der Waals surface area contributed by atoms with E-state index in [2.05, 4.69) is 0 Å². The number of carbonyl (C=O) groups is 1. The molecule has 2 aromatic carbocycles. The van der Waals surface area contributed by atoms with Gasteiger partial charge in [0, 0.05) is 27.7 Å². The number of carboxylic acids is 1. The van der Waals surface area contributed by atoms with E-state index in [0.717, 1.165) is 6.07 Å². The summed E-state index contributed by atoms with van der Waals surface area (Å²) in [5, 5.41) is 20.6. The Balaban J connectivity index is 2.66. The van der Waals surface area contributed by atoms with Crippen molar-refractivity contribution in [1.82, 2.24) is 0 Å². The molecule has 0 fully saturated rings. The van der Waals surface area contributed by atoms with Crippen molar-refractivity contribution in [2.24, 2.45) is 0 Å². The SMILES string of the molecule is O=C(O)c1cc(-c2ccc(Cl)cc2Cl)cc([N+](=O)[O-])c1. The second-order valence-electron chi connectivity index (χ2n) is 3.95. The predicted molar refractivity (Wildman–Crippen MR) is 75.5 cm³/mol. The minimum Gasteiger partial charge on any atom is -0.478 e. The number of nitro benzene ring substituents is 1. The van der Waals surface area contributed by atoms with Gasteiger partial charge in [0.1, 0.15) is 0 Å². The number of aromatic carboxylic acids is 1. The Morgan fingerprint density at radius 2 is 1.85 bits per heavy atom. The van der Waals surface area contributed by atoms with Crippen LogP contribution in [-0.2, 0) is 0 Å². The van der Waals surface area contributed by atoms with E-state index in [1.54, 1.807) is 12.1 Å². The molecule has 20 heavy (non-hydrogen) atoms. The molecule has 0 amide bonds. The first-order valence-corrected chi connectivity index (χ1v) is 6.12. The molecule has 0 saturated heterocycles. The van der Waals surface area contributed by atoms with Crippen LogP contribution < -0.4 is 0 Å². The Labute approximate surface area is 123 Å². The maximum Gasteiger partial charge on any atom is 0.335 e. The van der Waals surface area contributed by atoms with Gasteiger partial charge in [-0.1, -0.05) is 29.3 Å². The van der Waals surface area contributed by atoms with Crippen molar-refractivity contribution in [2.45, 2.75) is 0 Å². The molecule has 0 unspecified atom stereocenters. The molecular formula is C13H7Cl2NO4. The first-order valence-electron chi connectivity index (χ1n) is 5.36. The molecule has 1 N–H and O–H groups in total. The van der Waals surface area contributed by atoms with Crippen LogP contribution in [0.25, 0.3) is 11.1 Å². The normalized spacial score (nSPS) is 10.3. The van der Waals surface area contributed by atoms with Gasteiger partial charge in [-0.3, -0.25) is 10.1 Å². The number of non-ortho nitro benzene ring substituents is 1. The quantitative estimate of drug-likeness (QED) is 0.678. The van der Waals surface area contributed by atoms with E-state index in [0.29, 0.717) is 16.1 Å². The first-order chi connectivity index (χ1) is 9.38. The van der Waals surface area contributed by atoms with Crippen LogP contribution >= 0.6 is 23.2 Å². The molecule has 0 aliphatic heterocycles. The predicted octanol–water partition coefficient (Wildman–Crippen LogP) is 4.27. The summed E-state index contributed by atoms with van der Waals surface area (Å²) in [7, 11) is 0. The van der Waals surface area contributed by atoms with Gasteiger partial charge in [0.2, 0.25) is 0 Å². The molecule has 2 aromatic rings. The molecule has 2 rings (SSSR count). The van der Waals surface area contributed by atoms with Crippen LogP contribution in [0.2, 0.25) is 10.0 Å². The van der Waals surface area contributed by atoms with E-state index >= 15 is 0 Å². The van der Waals surface area contributed by atoms with Gasteiger partial charge >= 0.3 is 5.97 Å². The highest BCUT2D eigenvalue weighted by atomic mass is 35.5. The fourth-order valence-corrected chi connectivity index (χ4v) is 2.24. The third-order valence-corrected chi connectivity index (χ3v) is 3.17. The Bertz CT molecular complexity index is 683. The molecule has 0 aromatic heterocycles. The molecule has 102 valence electrons. The number of benzene rings is 2. The molecule has 0 spiro atoms. The number of carboxylic acid groups (broad SMARTS) is 1. The molecule has 0 bridgehead atoms. The largest absolute Gasteiger partial charge is 0.478 e. The molecule has 7 heteroatoms. The molecule has 5 nitrogen and oxygen atoms in total. The minimum atomic E-state index is -1.25. The number of nitrogens with zero attached hydrogens (tertiary/aromatic N) is 1. The van der Waals surface area contributed by atoms with Gasteiger partial charge in [-0.2, -0.15) is 0 Å². The summed E-state index contributed by atoms with van der Waals surface area (Å²) in [4.78, 5) is 21.2. The van der Waals surface area contributed by atoms with Crippen LogP contribution in [0.15, 0.2) is 36.4 Å². The molecule has 0 atom stereocenters. The van der Waals surface area contributed by atoms with Crippen LogP contribution in [0.5, 0.6) is 0 Å². The summed E-state index contributed by atoms with van der Waals surface area (Å²) >= 11 is 11.8. The van der Waals surface area contributed by atoms with E-state index < -0.39 is 10.9 Å². The lowest BCUT2D eigenvalue weighted by Gasteiger charge is -2.06. The van der Waals surface area contributed by atoms with Gasteiger partial charge in [0.25, 0.3) is 5.69 Å². The topological polar surface area (TPSA) is 80.4 Å². The van der Waals surface area contributed by atoms with E-state index in [9.17, 15) is 14.9 Å². The second kappa shape index (κ2) is 5.48. The zero-order chi connectivity index (χ0) is 14.9. The van der Waals surface area contributed by atoms with Crippen molar-refractivity contribution in [3.05, 3.63) is 62.1 Å². The highest BCUT2D eigenvalue weighted by Crippen LogP contribution is 2.33. The smallest absolute Gasteiger partial charge is 0.335 e. The van der Waals surface area contributed by atoms with Crippen molar-refractivity contribution < 1.29 is 14.8 Å². The lowest BCUT2D eigenvalue weighted by molar-refractivity contribution is -0.384. The zero-order valence-corrected chi connectivity index (χ0v) is 11.4. The van der Waals surface area contributed by atoms with Crippen LogP contribution in [-0.4, -0.2) is 16.0 Å². The molecular weight excluding hydrogens is 305 g/mol. The summed E-state index contributed by atoms with van der Waals surface area (Å²) in [6, 6.07) is 8.22. The zero-order valence-electron chi connectivity index (χ0n) is 9.84. The number of halogens is 2. The van der Waals surface area contributed by atoms with E-state index in [-0.39, 0.29) is 16.3 Å². The monoisotopic (exact) mass is 311 g/mol. The average molecular weight is 312 g/mol. The lowest BCUT2D eigenvalue weighted by atomic mass is 10.0. The van der Waals surface area contributed by atoms with Gasteiger partial charge in [0.05, 0.1) is 10.5 Å². The van der Waals surface area contributed by atoms with Gasteiger partial charge in [-0.25, -0.2) is 4.79 Å². The first kappa shape index (κ1) is 14.3. The van der Waals surface area contributed by atoms with Crippen LogP contribution in [0.1, 0.15) is 10.4 Å². The summed E-state index contributed by atoms with van der Waals surface area (Å²) in [5.74, 6) is -1.25. The third-order valence-electron chi connectivity index (χ3n) is 2.62. The number of nitro groups is 1. The number of rotatable bonds is 3. The molecule has 0 heterocycles. The van der Waals surface area contributed by atoms with Crippen LogP contribution in [0.3, 0.4) is 0 Å². The summed E-state index contributed by atoms with van der Waals surface area (Å²) < 4.78 is 0. The van der Waals surface area contributed by atoms with Crippen LogP contribution in [0, 0.1) is 10.1 Å². The van der Waals surface area contributed by atoms with Crippen molar-refractivity contribution in [1.29, 1.82) is 0 Å². The minimum absolute atomic E-state index is 0.180. The fourth-order valence-electron chi connectivity index (χ4n) is 1.72. The summed E-state index contributed by atoms with van der Waals surface area (Å²) in [6.45, 7) is 0. The van der Waals surface area contributed by atoms with Crippen molar-refractivity contribution in [3.8, 4) is 11.1 Å². The number of hydrogen-bond acceptors (Lipinski definition) is 3. The molecule has 0 aliphatic rings. The van der Waals surface area contributed by atoms with Crippen LogP contribution in [0.4, 0.5) is 5.69 Å². The van der Waals surface area contributed by atoms with Gasteiger partial charge in [0.15, 0.2) is 0 Å². The number of hydrogen-bond donors (Lipinski definition) is 1. The maximum absolute atomic E-state index is 11.0. The van der Waals surface area contributed by atoms with Gasteiger partial charge in [-0.05, 0) is 23.8 Å². The van der Waals surface area contributed by atoms with Crippen molar-refractivity contribution in [2.75, 3.05) is 0 Å².